The molecule has 0 atom stereocenters. The van der Waals surface area contributed by atoms with Gasteiger partial charge in [-0.1, -0.05) is 72.8 Å². The number of pyridine rings is 2. The minimum absolute atomic E-state index is 0. The minimum atomic E-state index is -0.209. The molecule has 4 heterocycles. The van der Waals surface area contributed by atoms with Crippen molar-refractivity contribution in [3.05, 3.63) is 166 Å². The molecule has 64 heavy (non-hydrogen) atoms. The first kappa shape index (κ1) is 64.5. The summed E-state index contributed by atoms with van der Waals surface area (Å²) in [7, 11) is 0. The Morgan fingerprint density at radius 2 is 0.703 bits per heavy atom. The molecular weight excluding hydrogens is 1210 g/mol. The maximum atomic E-state index is 14.1. The molecular formula is C47H69Br6FN8O2. The maximum Gasteiger partial charge on any atom is 0.123 e. The molecule has 2 aliphatic heterocycles. The average molecular weight is 1280 g/mol. The van der Waals surface area contributed by atoms with Gasteiger partial charge >= 0.3 is 0 Å². The number of nitrogens with one attached hydrogen (secondary N) is 4. The van der Waals surface area contributed by atoms with Crippen LogP contribution in [-0.2, 0) is 39.3 Å². The van der Waals surface area contributed by atoms with Gasteiger partial charge in [0.15, 0.2) is 0 Å². The SMILES string of the molecule is Br.Br.Br.Br.Br.Br.Fc1ccc(C(c2ccc(CN3CCCNCc4cccc(n4)CNCCC3)cc2)c2ccc(CN3CCCNCc4cccc(n4)CNCCC3)cc2)cc1.O.O. The molecule has 5 aromatic rings. The summed E-state index contributed by atoms with van der Waals surface area (Å²) in [6, 6.07) is 37.9. The fraction of sp³-hybridized carbons (Fsp3) is 0.404. The smallest absolute Gasteiger partial charge is 0.123 e. The molecule has 0 unspecified atom stereocenters. The zero-order valence-corrected chi connectivity index (χ0v) is 46.6. The maximum absolute atomic E-state index is 14.1. The van der Waals surface area contributed by atoms with Crippen molar-refractivity contribution in [3.8, 4) is 0 Å². The third-order valence-electron chi connectivity index (χ3n) is 10.9. The largest absolute Gasteiger partial charge is 0.412 e. The van der Waals surface area contributed by atoms with E-state index in [-0.39, 0.29) is 125 Å². The summed E-state index contributed by atoms with van der Waals surface area (Å²) in [5.41, 5.74) is 10.6. The molecule has 7 rings (SSSR count). The van der Waals surface area contributed by atoms with Crippen LogP contribution < -0.4 is 21.3 Å². The zero-order chi connectivity index (χ0) is 38.2. The van der Waals surface area contributed by atoms with Crippen molar-refractivity contribution in [2.24, 2.45) is 0 Å². The minimum Gasteiger partial charge on any atom is -0.412 e. The molecule has 0 fully saturated rings. The van der Waals surface area contributed by atoms with Gasteiger partial charge in [0.1, 0.15) is 5.82 Å². The summed E-state index contributed by atoms with van der Waals surface area (Å²) in [4.78, 5) is 14.7. The number of nitrogens with zero attached hydrogens (tertiary/aromatic N) is 4. The van der Waals surface area contributed by atoms with Crippen LogP contribution in [0.3, 0.4) is 0 Å². The zero-order valence-electron chi connectivity index (χ0n) is 36.3. The number of aromatic nitrogens is 2. The molecule has 2 aliphatic rings. The normalized spacial score (nSPS) is 15.3. The van der Waals surface area contributed by atoms with Crippen LogP contribution in [0, 0.1) is 5.82 Å². The molecule has 4 bridgehead atoms. The van der Waals surface area contributed by atoms with E-state index < -0.39 is 0 Å². The van der Waals surface area contributed by atoms with E-state index in [1.54, 1.807) is 12.1 Å². The third kappa shape index (κ3) is 21.2. The van der Waals surface area contributed by atoms with Gasteiger partial charge in [0.25, 0.3) is 0 Å². The lowest BCUT2D eigenvalue weighted by atomic mass is 9.84. The molecule has 2 aromatic heterocycles. The Hall–Kier alpha value is -1.55. The summed E-state index contributed by atoms with van der Waals surface area (Å²) in [5.74, 6) is -0.194. The van der Waals surface area contributed by atoms with Crippen LogP contribution in [0.4, 0.5) is 4.39 Å². The molecule has 0 amide bonds. The number of hydrogen-bond donors (Lipinski definition) is 4. The van der Waals surface area contributed by atoms with Crippen LogP contribution in [0.2, 0.25) is 0 Å². The van der Waals surface area contributed by atoms with Crippen molar-refractivity contribution in [1.29, 1.82) is 0 Å². The molecule has 17 heteroatoms. The summed E-state index contributed by atoms with van der Waals surface area (Å²) < 4.78 is 14.1. The summed E-state index contributed by atoms with van der Waals surface area (Å²) in [5, 5.41) is 14.3. The molecule has 3 aromatic carbocycles. The van der Waals surface area contributed by atoms with Gasteiger partial charge in [-0.3, -0.25) is 19.8 Å². The highest BCUT2D eigenvalue weighted by Crippen LogP contribution is 2.33. The van der Waals surface area contributed by atoms with Gasteiger partial charge in [-0.15, -0.1) is 102 Å². The van der Waals surface area contributed by atoms with Crippen LogP contribution >= 0.6 is 102 Å². The van der Waals surface area contributed by atoms with Crippen molar-refractivity contribution in [1.82, 2.24) is 41.0 Å². The molecule has 0 spiro atoms. The monoisotopic (exact) mass is 1270 g/mol. The van der Waals surface area contributed by atoms with Crippen molar-refractivity contribution < 1.29 is 15.3 Å². The van der Waals surface area contributed by atoms with Crippen molar-refractivity contribution in [2.75, 3.05) is 52.4 Å². The van der Waals surface area contributed by atoms with Crippen LogP contribution in [0.1, 0.15) is 82.2 Å². The number of rotatable bonds is 7. The fourth-order valence-electron chi connectivity index (χ4n) is 7.95. The number of fused-ring (bicyclic) bond motifs is 4. The molecule has 0 saturated heterocycles. The average Bonchev–Trinajstić information content (AvgIpc) is 3.22. The Bertz CT molecular complexity index is 1770. The summed E-state index contributed by atoms with van der Waals surface area (Å²) in [6.07, 6.45) is 4.36. The predicted octanol–water partition coefficient (Wildman–Crippen LogP) is 8.56. The summed E-state index contributed by atoms with van der Waals surface area (Å²) in [6.45, 7) is 13.1. The number of benzene rings is 3. The Labute approximate surface area is 443 Å². The topological polar surface area (TPSA) is 143 Å². The Morgan fingerprint density at radius 1 is 0.422 bits per heavy atom. The second-order valence-electron chi connectivity index (χ2n) is 15.4. The van der Waals surface area contributed by atoms with Gasteiger partial charge in [-0.2, -0.15) is 0 Å². The molecule has 358 valence electrons. The first-order valence-electron chi connectivity index (χ1n) is 20.7. The quantitative estimate of drug-likeness (QED) is 0.119. The van der Waals surface area contributed by atoms with Crippen molar-refractivity contribution in [3.63, 3.8) is 0 Å². The van der Waals surface area contributed by atoms with Gasteiger partial charge in [-0.05, 0) is 142 Å². The summed E-state index contributed by atoms with van der Waals surface area (Å²) >= 11 is 0. The Balaban J connectivity index is 0. The van der Waals surface area contributed by atoms with E-state index in [2.05, 4.69) is 116 Å². The predicted molar refractivity (Wildman–Crippen MR) is 294 cm³/mol. The van der Waals surface area contributed by atoms with E-state index in [9.17, 15) is 4.39 Å². The fourth-order valence-corrected chi connectivity index (χ4v) is 7.95. The standard InChI is InChI=1S/C47H59FN8.6BrH.2H2O/c48-42-21-19-41(20-22-42)47(39-15-11-37(12-16-39)35-55-27-3-23-49-31-43-7-1-8-44(53-43)32-50-24-4-28-55)40-17-13-38(14-18-40)36-56-29-5-25-51-33-45-9-2-10-46(54-45)34-52-26-6-30-56;;;;;;;;/h1-2,7-22,47,49-52H,3-6,23-36H2;6*1H;2*1H2. The van der Waals surface area contributed by atoms with E-state index in [1.165, 1.54) is 22.3 Å². The van der Waals surface area contributed by atoms with E-state index in [4.69, 9.17) is 9.97 Å². The van der Waals surface area contributed by atoms with Crippen molar-refractivity contribution >= 4 is 102 Å². The Morgan fingerprint density at radius 3 is 1.00 bits per heavy atom. The molecule has 0 radical (unpaired) electrons. The lowest BCUT2D eigenvalue weighted by Crippen LogP contribution is -2.30. The molecule has 8 N–H and O–H groups in total. The lowest BCUT2D eigenvalue weighted by Gasteiger charge is -2.24. The highest BCUT2D eigenvalue weighted by atomic mass is 79.9. The Kier molecular flexibility index (Phi) is 35.9. The highest BCUT2D eigenvalue weighted by Gasteiger charge is 2.18. The molecule has 0 aliphatic carbocycles. The van der Waals surface area contributed by atoms with Gasteiger partial charge < -0.3 is 32.2 Å². The highest BCUT2D eigenvalue weighted by molar-refractivity contribution is 8.93. The van der Waals surface area contributed by atoms with Crippen LogP contribution in [0.15, 0.2) is 109 Å². The number of hydrogen-bond acceptors (Lipinski definition) is 8. The van der Waals surface area contributed by atoms with E-state index >= 15 is 0 Å². The third-order valence-corrected chi connectivity index (χ3v) is 10.9. The first-order valence-corrected chi connectivity index (χ1v) is 20.7. The number of halogens is 7. The first-order chi connectivity index (χ1) is 27.6. The van der Waals surface area contributed by atoms with E-state index in [0.717, 1.165) is 146 Å². The van der Waals surface area contributed by atoms with Crippen LogP contribution in [0.5, 0.6) is 0 Å². The molecule has 10 nitrogen and oxygen atoms in total. The lowest BCUT2D eigenvalue weighted by molar-refractivity contribution is 0.256. The van der Waals surface area contributed by atoms with Gasteiger partial charge in [0.2, 0.25) is 0 Å². The second kappa shape index (κ2) is 35.6. The van der Waals surface area contributed by atoms with E-state index in [1.807, 2.05) is 12.1 Å². The van der Waals surface area contributed by atoms with Gasteiger partial charge in [0, 0.05) is 45.2 Å². The molecule has 0 saturated carbocycles. The van der Waals surface area contributed by atoms with Crippen molar-refractivity contribution in [2.45, 2.75) is 70.9 Å². The second-order valence-corrected chi connectivity index (χ2v) is 15.4. The van der Waals surface area contributed by atoms with E-state index in [0.29, 0.717) is 0 Å². The van der Waals surface area contributed by atoms with Crippen LogP contribution in [-0.4, -0.2) is 83.1 Å². The van der Waals surface area contributed by atoms with Gasteiger partial charge in [-0.25, -0.2) is 4.39 Å². The van der Waals surface area contributed by atoms with Crippen LogP contribution in [0.25, 0.3) is 0 Å². The van der Waals surface area contributed by atoms with Gasteiger partial charge in [0.05, 0.1) is 22.8 Å².